The molecule has 94 valence electrons. The molecule has 1 aliphatic rings. The van der Waals surface area contributed by atoms with Gasteiger partial charge in [-0.25, -0.2) is 4.39 Å². The lowest BCUT2D eigenvalue weighted by molar-refractivity contribution is 0.0946. The molecule has 0 aromatic heterocycles. The van der Waals surface area contributed by atoms with Crippen LogP contribution in [0.4, 0.5) is 4.39 Å². The van der Waals surface area contributed by atoms with E-state index in [1.807, 2.05) is 0 Å². The van der Waals surface area contributed by atoms with Crippen molar-refractivity contribution in [1.82, 2.24) is 5.32 Å². The molecule has 17 heavy (non-hydrogen) atoms. The van der Waals surface area contributed by atoms with Gasteiger partial charge in [-0.1, -0.05) is 12.1 Å². The van der Waals surface area contributed by atoms with E-state index in [2.05, 4.69) is 5.32 Å². The number of carbonyl (C=O) groups excluding carboxylic acids is 1. The van der Waals surface area contributed by atoms with Crippen LogP contribution in [0.3, 0.4) is 0 Å². The Balaban J connectivity index is 0.00000144. The van der Waals surface area contributed by atoms with Crippen molar-refractivity contribution in [3.8, 4) is 0 Å². The normalized spacial score (nSPS) is 15.9. The van der Waals surface area contributed by atoms with Crippen LogP contribution in [0, 0.1) is 11.7 Å². The second-order valence-electron chi connectivity index (χ2n) is 4.19. The molecule has 5 heteroatoms. The van der Waals surface area contributed by atoms with Crippen molar-refractivity contribution >= 4 is 18.3 Å². The van der Waals surface area contributed by atoms with E-state index in [0.717, 1.165) is 12.8 Å². The number of nitrogens with two attached hydrogens (primary N) is 1. The largest absolute Gasteiger partial charge is 0.350 e. The summed E-state index contributed by atoms with van der Waals surface area (Å²) in [5.41, 5.74) is 5.91. The SMILES string of the molecule is Cl.NC(CNC(=O)c1ccccc1F)C1CC1. The molecule has 3 nitrogen and oxygen atoms in total. The molecule has 0 heterocycles. The maximum Gasteiger partial charge on any atom is 0.254 e. The van der Waals surface area contributed by atoms with Crippen LogP contribution in [0.1, 0.15) is 23.2 Å². The van der Waals surface area contributed by atoms with Gasteiger partial charge in [0.2, 0.25) is 0 Å². The van der Waals surface area contributed by atoms with Crippen LogP contribution in [0.5, 0.6) is 0 Å². The molecule has 0 bridgehead atoms. The van der Waals surface area contributed by atoms with Crippen LogP contribution in [0.25, 0.3) is 0 Å². The number of hydrogen-bond acceptors (Lipinski definition) is 2. The molecule has 1 aliphatic carbocycles. The van der Waals surface area contributed by atoms with E-state index in [1.165, 1.54) is 12.1 Å². The van der Waals surface area contributed by atoms with E-state index in [1.54, 1.807) is 12.1 Å². The first-order chi connectivity index (χ1) is 7.68. The second kappa shape index (κ2) is 5.98. The van der Waals surface area contributed by atoms with Gasteiger partial charge < -0.3 is 11.1 Å². The molecule has 0 aliphatic heterocycles. The summed E-state index contributed by atoms with van der Waals surface area (Å²) >= 11 is 0. The fourth-order valence-corrected chi connectivity index (χ4v) is 1.64. The Bertz CT molecular complexity index is 396. The molecular weight excluding hydrogens is 243 g/mol. The van der Waals surface area contributed by atoms with Gasteiger partial charge in [-0.05, 0) is 30.9 Å². The Morgan fingerprint density at radius 2 is 2.12 bits per heavy atom. The van der Waals surface area contributed by atoms with Crippen molar-refractivity contribution in [2.45, 2.75) is 18.9 Å². The van der Waals surface area contributed by atoms with Gasteiger partial charge in [-0.2, -0.15) is 0 Å². The number of benzene rings is 1. The first-order valence-corrected chi connectivity index (χ1v) is 5.47. The molecule has 1 saturated carbocycles. The standard InChI is InChI=1S/C12H15FN2O.ClH/c13-10-4-2-1-3-9(10)12(16)15-7-11(14)8-5-6-8;/h1-4,8,11H,5-7,14H2,(H,15,16);1H. The van der Waals surface area contributed by atoms with Crippen molar-refractivity contribution in [3.05, 3.63) is 35.6 Å². The van der Waals surface area contributed by atoms with E-state index in [9.17, 15) is 9.18 Å². The Morgan fingerprint density at radius 3 is 2.71 bits per heavy atom. The third kappa shape index (κ3) is 3.68. The predicted octanol–water partition coefficient (Wildman–Crippen LogP) is 1.71. The van der Waals surface area contributed by atoms with Gasteiger partial charge in [0.15, 0.2) is 0 Å². The zero-order chi connectivity index (χ0) is 11.5. The summed E-state index contributed by atoms with van der Waals surface area (Å²) in [7, 11) is 0. The third-order valence-corrected chi connectivity index (χ3v) is 2.84. The zero-order valence-corrected chi connectivity index (χ0v) is 10.2. The van der Waals surface area contributed by atoms with Crippen molar-refractivity contribution in [1.29, 1.82) is 0 Å². The quantitative estimate of drug-likeness (QED) is 0.864. The van der Waals surface area contributed by atoms with Crippen molar-refractivity contribution in [3.63, 3.8) is 0 Å². The van der Waals surface area contributed by atoms with Gasteiger partial charge in [0.25, 0.3) is 5.91 Å². The summed E-state index contributed by atoms with van der Waals surface area (Å²) < 4.78 is 13.2. The van der Waals surface area contributed by atoms with E-state index >= 15 is 0 Å². The third-order valence-electron chi connectivity index (χ3n) is 2.84. The minimum Gasteiger partial charge on any atom is -0.350 e. The van der Waals surface area contributed by atoms with E-state index in [4.69, 9.17) is 5.73 Å². The highest BCUT2D eigenvalue weighted by atomic mass is 35.5. The van der Waals surface area contributed by atoms with Gasteiger partial charge >= 0.3 is 0 Å². The maximum absolute atomic E-state index is 13.2. The molecule has 1 aromatic carbocycles. The summed E-state index contributed by atoms with van der Waals surface area (Å²) in [6.07, 6.45) is 2.27. The molecule has 1 atom stereocenters. The highest BCUT2D eigenvalue weighted by molar-refractivity contribution is 5.94. The van der Waals surface area contributed by atoms with Crippen LogP contribution in [-0.4, -0.2) is 18.5 Å². The molecule has 0 spiro atoms. The molecule has 1 aromatic rings. The van der Waals surface area contributed by atoms with E-state index in [-0.39, 0.29) is 24.0 Å². The molecular formula is C12H16ClFN2O. The molecule has 1 unspecified atom stereocenters. The average Bonchev–Trinajstić information content (AvgIpc) is 3.10. The highest BCUT2D eigenvalue weighted by Gasteiger charge is 2.28. The number of amides is 1. The van der Waals surface area contributed by atoms with Crippen molar-refractivity contribution in [2.24, 2.45) is 11.7 Å². The molecule has 0 saturated heterocycles. The smallest absolute Gasteiger partial charge is 0.254 e. The first kappa shape index (κ1) is 13.9. The van der Waals surface area contributed by atoms with E-state index in [0.29, 0.717) is 12.5 Å². The topological polar surface area (TPSA) is 55.1 Å². The van der Waals surface area contributed by atoms with Crippen LogP contribution >= 0.6 is 12.4 Å². The Labute approximate surface area is 106 Å². The fourth-order valence-electron chi connectivity index (χ4n) is 1.64. The van der Waals surface area contributed by atoms with Gasteiger partial charge in [-0.3, -0.25) is 4.79 Å². The first-order valence-electron chi connectivity index (χ1n) is 5.47. The number of hydrogen-bond donors (Lipinski definition) is 2. The molecule has 2 rings (SSSR count). The van der Waals surface area contributed by atoms with Crippen LogP contribution in [0.2, 0.25) is 0 Å². The highest BCUT2D eigenvalue weighted by Crippen LogP contribution is 2.31. The summed E-state index contributed by atoms with van der Waals surface area (Å²) in [6, 6.07) is 5.93. The van der Waals surface area contributed by atoms with Crippen molar-refractivity contribution < 1.29 is 9.18 Å². The molecule has 0 radical (unpaired) electrons. The number of rotatable bonds is 4. The summed E-state index contributed by atoms with van der Waals surface area (Å²) in [5, 5.41) is 2.66. The van der Waals surface area contributed by atoms with Gasteiger partial charge in [-0.15, -0.1) is 12.4 Å². The predicted molar refractivity (Wildman–Crippen MR) is 66.7 cm³/mol. The maximum atomic E-state index is 13.2. The van der Waals surface area contributed by atoms with Gasteiger partial charge in [0.1, 0.15) is 5.82 Å². The lowest BCUT2D eigenvalue weighted by Gasteiger charge is -2.11. The minimum atomic E-state index is -0.500. The molecule has 1 fully saturated rings. The summed E-state index contributed by atoms with van der Waals surface area (Å²) in [6.45, 7) is 0.415. The monoisotopic (exact) mass is 258 g/mol. The van der Waals surface area contributed by atoms with Crippen LogP contribution < -0.4 is 11.1 Å². The molecule has 3 N–H and O–H groups in total. The van der Waals surface area contributed by atoms with Gasteiger partial charge in [0.05, 0.1) is 5.56 Å². The number of carbonyl (C=O) groups is 1. The Morgan fingerprint density at radius 1 is 1.47 bits per heavy atom. The Hall–Kier alpha value is -1.13. The lowest BCUT2D eigenvalue weighted by Crippen LogP contribution is -2.38. The van der Waals surface area contributed by atoms with Crippen LogP contribution in [0.15, 0.2) is 24.3 Å². The minimum absolute atomic E-state index is 0. The van der Waals surface area contributed by atoms with Crippen molar-refractivity contribution in [2.75, 3.05) is 6.54 Å². The van der Waals surface area contributed by atoms with Gasteiger partial charge in [0, 0.05) is 12.6 Å². The Kier molecular flexibility index (Phi) is 4.90. The van der Waals surface area contributed by atoms with E-state index < -0.39 is 11.7 Å². The lowest BCUT2D eigenvalue weighted by atomic mass is 10.1. The van der Waals surface area contributed by atoms with Crippen LogP contribution in [-0.2, 0) is 0 Å². The summed E-state index contributed by atoms with van der Waals surface area (Å²) in [5.74, 6) is -0.366. The second-order valence-corrected chi connectivity index (χ2v) is 4.19. The zero-order valence-electron chi connectivity index (χ0n) is 9.36. The average molecular weight is 259 g/mol. The fraction of sp³-hybridized carbons (Fsp3) is 0.417. The number of nitrogens with one attached hydrogen (secondary N) is 1. The summed E-state index contributed by atoms with van der Waals surface area (Å²) in [4.78, 5) is 11.6. The molecule has 1 amide bonds. The number of halogens is 2.